The van der Waals surface area contributed by atoms with E-state index in [1.807, 2.05) is 13.8 Å². The number of esters is 1. The third-order valence-corrected chi connectivity index (χ3v) is 6.42. The van der Waals surface area contributed by atoms with Crippen molar-refractivity contribution in [1.82, 2.24) is 15.1 Å². The molecule has 1 fully saturated rings. The number of carbonyl (C=O) groups is 2. The van der Waals surface area contributed by atoms with Crippen molar-refractivity contribution in [1.29, 1.82) is 0 Å². The molecule has 0 aliphatic carbocycles. The molecule has 2 aliphatic heterocycles. The SMILES string of the molecule is CCCOC(=O)c1ccc(OC)c(-n2nc(CC)c3c2CC2(CCOCC2)CNC3=O)c1. The summed E-state index contributed by atoms with van der Waals surface area (Å²) in [4.78, 5) is 25.6. The molecule has 1 aromatic carbocycles. The van der Waals surface area contributed by atoms with Crippen LogP contribution in [0.2, 0.25) is 0 Å². The van der Waals surface area contributed by atoms with E-state index in [1.54, 1.807) is 30.0 Å². The molecule has 0 unspecified atom stereocenters. The minimum atomic E-state index is -0.386. The largest absolute Gasteiger partial charge is 0.494 e. The van der Waals surface area contributed by atoms with Gasteiger partial charge in [-0.05, 0) is 55.7 Å². The predicted molar refractivity (Wildman–Crippen MR) is 119 cm³/mol. The van der Waals surface area contributed by atoms with E-state index in [2.05, 4.69) is 5.32 Å². The number of amides is 1. The number of hydrogen-bond acceptors (Lipinski definition) is 6. The molecule has 8 heteroatoms. The van der Waals surface area contributed by atoms with Gasteiger partial charge >= 0.3 is 5.97 Å². The Morgan fingerprint density at radius 3 is 2.75 bits per heavy atom. The molecule has 2 aromatic rings. The van der Waals surface area contributed by atoms with E-state index in [9.17, 15) is 9.59 Å². The molecule has 1 saturated heterocycles. The van der Waals surface area contributed by atoms with Gasteiger partial charge in [-0.3, -0.25) is 4.79 Å². The summed E-state index contributed by atoms with van der Waals surface area (Å²) in [6.07, 6.45) is 3.83. The van der Waals surface area contributed by atoms with E-state index >= 15 is 0 Å². The van der Waals surface area contributed by atoms with E-state index in [1.165, 1.54) is 0 Å². The summed E-state index contributed by atoms with van der Waals surface area (Å²) in [5.41, 5.74) is 3.21. The van der Waals surface area contributed by atoms with Crippen molar-refractivity contribution in [3.63, 3.8) is 0 Å². The average molecular weight is 442 g/mol. The number of carbonyl (C=O) groups excluding carboxylic acids is 2. The first-order valence-electron chi connectivity index (χ1n) is 11.3. The molecular formula is C24H31N3O5. The molecule has 0 saturated carbocycles. The van der Waals surface area contributed by atoms with Crippen molar-refractivity contribution in [3.05, 3.63) is 40.7 Å². The van der Waals surface area contributed by atoms with Gasteiger partial charge in [0.25, 0.3) is 5.91 Å². The van der Waals surface area contributed by atoms with Crippen LogP contribution < -0.4 is 10.1 Å². The molecule has 4 rings (SSSR count). The Kier molecular flexibility index (Phi) is 6.50. The molecule has 32 heavy (non-hydrogen) atoms. The lowest BCUT2D eigenvalue weighted by atomic mass is 9.76. The fourth-order valence-electron chi connectivity index (χ4n) is 4.57. The molecule has 1 amide bonds. The molecule has 2 aliphatic rings. The fraction of sp³-hybridized carbons (Fsp3) is 0.542. The summed E-state index contributed by atoms with van der Waals surface area (Å²) in [7, 11) is 1.59. The molecule has 172 valence electrons. The summed E-state index contributed by atoms with van der Waals surface area (Å²) in [6.45, 7) is 6.29. The van der Waals surface area contributed by atoms with E-state index in [0.29, 0.717) is 61.8 Å². The highest BCUT2D eigenvalue weighted by Crippen LogP contribution is 2.39. The third kappa shape index (κ3) is 4.11. The van der Waals surface area contributed by atoms with Gasteiger partial charge in [0.2, 0.25) is 0 Å². The Morgan fingerprint density at radius 1 is 1.28 bits per heavy atom. The number of ether oxygens (including phenoxy) is 3. The number of methoxy groups -OCH3 is 1. The lowest BCUT2D eigenvalue weighted by Gasteiger charge is -2.36. The highest BCUT2D eigenvalue weighted by Gasteiger charge is 2.40. The number of nitrogens with zero attached hydrogens (tertiary/aromatic N) is 2. The quantitative estimate of drug-likeness (QED) is 0.693. The molecule has 0 atom stereocenters. The van der Waals surface area contributed by atoms with Gasteiger partial charge in [-0.25, -0.2) is 9.48 Å². The lowest BCUT2D eigenvalue weighted by Crippen LogP contribution is -2.40. The van der Waals surface area contributed by atoms with Gasteiger partial charge in [0, 0.05) is 19.8 Å². The number of benzene rings is 1. The van der Waals surface area contributed by atoms with Gasteiger partial charge in [0.1, 0.15) is 11.4 Å². The predicted octanol–water partition coefficient (Wildman–Crippen LogP) is 3.09. The number of fused-ring (bicyclic) bond motifs is 1. The van der Waals surface area contributed by atoms with Gasteiger partial charge in [-0.15, -0.1) is 0 Å². The first-order valence-corrected chi connectivity index (χ1v) is 11.3. The van der Waals surface area contributed by atoms with Gasteiger partial charge < -0.3 is 19.5 Å². The number of aryl methyl sites for hydroxylation is 1. The van der Waals surface area contributed by atoms with Gasteiger partial charge in [0.15, 0.2) is 0 Å². The lowest BCUT2D eigenvalue weighted by molar-refractivity contribution is 0.0154. The number of aromatic nitrogens is 2. The Hall–Kier alpha value is -2.87. The van der Waals surface area contributed by atoms with Gasteiger partial charge in [-0.1, -0.05) is 13.8 Å². The summed E-state index contributed by atoms with van der Waals surface area (Å²) in [6, 6.07) is 5.18. The number of rotatable bonds is 6. The van der Waals surface area contributed by atoms with E-state index in [4.69, 9.17) is 19.3 Å². The van der Waals surface area contributed by atoms with Gasteiger partial charge in [-0.2, -0.15) is 5.10 Å². The second kappa shape index (κ2) is 9.32. The topological polar surface area (TPSA) is 91.7 Å². The minimum Gasteiger partial charge on any atom is -0.494 e. The molecule has 0 bridgehead atoms. The molecule has 1 aromatic heterocycles. The average Bonchev–Trinajstić information content (AvgIpc) is 3.12. The van der Waals surface area contributed by atoms with Crippen LogP contribution in [-0.2, 0) is 22.3 Å². The van der Waals surface area contributed by atoms with E-state index in [0.717, 1.165) is 30.7 Å². The molecule has 8 nitrogen and oxygen atoms in total. The summed E-state index contributed by atoms with van der Waals surface area (Å²) < 4.78 is 18.3. The van der Waals surface area contributed by atoms with E-state index < -0.39 is 0 Å². The van der Waals surface area contributed by atoms with Crippen LogP contribution >= 0.6 is 0 Å². The maximum atomic E-state index is 13.1. The zero-order chi connectivity index (χ0) is 22.7. The van der Waals surface area contributed by atoms with Crippen molar-refractivity contribution < 1.29 is 23.8 Å². The van der Waals surface area contributed by atoms with Crippen molar-refractivity contribution in [2.75, 3.05) is 33.5 Å². The summed E-state index contributed by atoms with van der Waals surface area (Å²) in [5, 5.41) is 7.94. The van der Waals surface area contributed by atoms with Crippen LogP contribution in [0, 0.1) is 5.41 Å². The normalized spacial score (nSPS) is 17.4. The first-order chi connectivity index (χ1) is 15.5. The number of hydrogen-bond donors (Lipinski definition) is 1. The third-order valence-electron chi connectivity index (χ3n) is 6.42. The van der Waals surface area contributed by atoms with Gasteiger partial charge in [0.05, 0.1) is 36.2 Å². The van der Waals surface area contributed by atoms with Crippen LogP contribution in [0.5, 0.6) is 5.75 Å². The second-order valence-corrected chi connectivity index (χ2v) is 8.53. The van der Waals surface area contributed by atoms with Crippen LogP contribution in [0.25, 0.3) is 5.69 Å². The van der Waals surface area contributed by atoms with Crippen LogP contribution in [0.15, 0.2) is 18.2 Å². The van der Waals surface area contributed by atoms with E-state index in [-0.39, 0.29) is 17.3 Å². The number of nitrogens with one attached hydrogen (secondary N) is 1. The van der Waals surface area contributed by atoms with Crippen molar-refractivity contribution in [2.45, 2.75) is 46.0 Å². The second-order valence-electron chi connectivity index (χ2n) is 8.53. The monoisotopic (exact) mass is 441 g/mol. The minimum absolute atomic E-state index is 0.0765. The Balaban J connectivity index is 1.84. The molecule has 0 radical (unpaired) electrons. The smallest absolute Gasteiger partial charge is 0.338 e. The first kappa shape index (κ1) is 22.3. The summed E-state index contributed by atoms with van der Waals surface area (Å²) >= 11 is 0. The Labute approximate surface area is 188 Å². The highest BCUT2D eigenvalue weighted by molar-refractivity contribution is 5.97. The van der Waals surface area contributed by atoms with Crippen molar-refractivity contribution in [2.24, 2.45) is 5.41 Å². The highest BCUT2D eigenvalue weighted by atomic mass is 16.5. The maximum Gasteiger partial charge on any atom is 0.338 e. The molecular weight excluding hydrogens is 410 g/mol. The zero-order valence-corrected chi connectivity index (χ0v) is 19.0. The van der Waals surface area contributed by atoms with Crippen molar-refractivity contribution >= 4 is 11.9 Å². The van der Waals surface area contributed by atoms with Crippen molar-refractivity contribution in [3.8, 4) is 11.4 Å². The molecule has 1 N–H and O–H groups in total. The summed E-state index contributed by atoms with van der Waals surface area (Å²) in [5.74, 6) is 0.1000. The Morgan fingerprint density at radius 2 is 2.06 bits per heavy atom. The standard InChI is InChI=1S/C24H31N3O5/c1-4-10-32-23(29)16-6-7-20(30-3)18(13-16)27-19-14-24(8-11-31-12-9-24)15-25-22(28)21(19)17(5-2)26-27/h6-7,13H,4-5,8-12,14-15H2,1-3H3,(H,25,28). The zero-order valence-electron chi connectivity index (χ0n) is 19.0. The van der Waals surface area contributed by atoms with Crippen LogP contribution in [0.4, 0.5) is 0 Å². The molecule has 3 heterocycles. The van der Waals surface area contributed by atoms with Crippen LogP contribution in [0.1, 0.15) is 65.2 Å². The molecule has 1 spiro atoms. The maximum absolute atomic E-state index is 13.1. The fourth-order valence-corrected chi connectivity index (χ4v) is 4.57. The van der Waals surface area contributed by atoms with Crippen LogP contribution in [0.3, 0.4) is 0 Å². The Bertz CT molecular complexity index is 1010. The van der Waals surface area contributed by atoms with Crippen LogP contribution in [-0.4, -0.2) is 55.1 Å².